The van der Waals surface area contributed by atoms with E-state index in [1.54, 1.807) is 7.05 Å². The van der Waals surface area contributed by atoms with Gasteiger partial charge in [0.25, 0.3) is 5.91 Å². The topological polar surface area (TPSA) is 44.4 Å². The third kappa shape index (κ3) is 4.78. The Labute approximate surface area is 167 Å². The van der Waals surface area contributed by atoms with Crippen molar-refractivity contribution >= 4 is 11.6 Å². The summed E-state index contributed by atoms with van der Waals surface area (Å²) in [6.45, 7) is 0.711. The maximum Gasteiger partial charge on any atom is 0.251 e. The van der Waals surface area contributed by atoms with Gasteiger partial charge in [0, 0.05) is 38.9 Å². The van der Waals surface area contributed by atoms with E-state index >= 15 is 0 Å². The van der Waals surface area contributed by atoms with Crippen LogP contribution in [0.5, 0.6) is 0 Å². The highest BCUT2D eigenvalue weighted by Crippen LogP contribution is 2.24. The van der Waals surface area contributed by atoms with Crippen molar-refractivity contribution in [3.8, 4) is 0 Å². The highest BCUT2D eigenvalue weighted by atomic mass is 16.1. The second kappa shape index (κ2) is 9.20. The molecule has 3 aromatic rings. The molecule has 3 aromatic carbocycles. The number of nitrogens with zero attached hydrogens (tertiary/aromatic N) is 1. The number of amides is 1. The Kier molecular flexibility index (Phi) is 6.45. The van der Waals surface area contributed by atoms with E-state index < -0.39 is 0 Å². The molecular weight excluding hydrogens is 346 g/mol. The monoisotopic (exact) mass is 373 g/mol. The van der Waals surface area contributed by atoms with Gasteiger partial charge in [-0.05, 0) is 41.0 Å². The first-order valence-corrected chi connectivity index (χ1v) is 9.45. The second-order valence-corrected chi connectivity index (χ2v) is 6.99. The molecule has 1 amide bonds. The lowest BCUT2D eigenvalue weighted by Gasteiger charge is -2.21. The summed E-state index contributed by atoms with van der Waals surface area (Å²) in [5, 5.41) is 6.31. The van der Waals surface area contributed by atoms with Gasteiger partial charge in [0.15, 0.2) is 0 Å². The van der Waals surface area contributed by atoms with Gasteiger partial charge >= 0.3 is 0 Å². The molecule has 0 aliphatic carbocycles. The Hall–Kier alpha value is -3.11. The van der Waals surface area contributed by atoms with Crippen LogP contribution >= 0.6 is 0 Å². The lowest BCUT2D eigenvalue weighted by atomic mass is 9.98. The Morgan fingerprint density at radius 2 is 1.46 bits per heavy atom. The van der Waals surface area contributed by atoms with Crippen LogP contribution < -0.4 is 15.5 Å². The summed E-state index contributed by atoms with van der Waals surface area (Å²) in [6, 6.07) is 26.9. The molecule has 0 aliphatic heterocycles. The molecule has 0 bridgehead atoms. The lowest BCUT2D eigenvalue weighted by molar-refractivity contribution is 0.0963. The van der Waals surface area contributed by atoms with Crippen molar-refractivity contribution in [3.63, 3.8) is 0 Å². The van der Waals surface area contributed by atoms with E-state index in [1.807, 2.05) is 44.4 Å². The average Bonchev–Trinajstić information content (AvgIpc) is 2.75. The number of anilines is 1. The fraction of sp³-hybridized carbons (Fsp3) is 0.208. The second-order valence-electron chi connectivity index (χ2n) is 6.99. The van der Waals surface area contributed by atoms with Gasteiger partial charge in [-0.3, -0.25) is 4.79 Å². The van der Waals surface area contributed by atoms with E-state index in [-0.39, 0.29) is 11.9 Å². The normalized spacial score (nSPS) is 11.7. The van der Waals surface area contributed by atoms with Gasteiger partial charge in [0.2, 0.25) is 0 Å². The molecular formula is C24H27N3O. The van der Waals surface area contributed by atoms with E-state index in [4.69, 9.17) is 0 Å². The van der Waals surface area contributed by atoms with Crippen molar-refractivity contribution < 1.29 is 4.79 Å². The predicted molar refractivity (Wildman–Crippen MR) is 116 cm³/mol. The zero-order valence-electron chi connectivity index (χ0n) is 16.6. The summed E-state index contributed by atoms with van der Waals surface area (Å²) >= 11 is 0. The first-order chi connectivity index (χ1) is 13.6. The molecule has 0 heterocycles. The fourth-order valence-electron chi connectivity index (χ4n) is 3.18. The fourth-order valence-corrected chi connectivity index (χ4v) is 3.18. The van der Waals surface area contributed by atoms with E-state index in [9.17, 15) is 4.79 Å². The van der Waals surface area contributed by atoms with E-state index in [0.29, 0.717) is 12.1 Å². The molecule has 144 valence electrons. The number of benzene rings is 3. The minimum atomic E-state index is -0.0670. The SMILES string of the molecule is CNC(=O)c1ccc(CN[C@H](c2ccccc2)c2ccc(N(C)C)cc2)cc1. The summed E-state index contributed by atoms with van der Waals surface area (Å²) in [4.78, 5) is 13.8. The van der Waals surface area contributed by atoms with Crippen molar-refractivity contribution in [2.45, 2.75) is 12.6 Å². The number of nitrogens with one attached hydrogen (secondary N) is 2. The van der Waals surface area contributed by atoms with Crippen LogP contribution in [0.15, 0.2) is 78.9 Å². The maximum absolute atomic E-state index is 11.7. The van der Waals surface area contributed by atoms with E-state index in [0.717, 1.165) is 5.56 Å². The number of rotatable bonds is 7. The molecule has 0 saturated heterocycles. The third-order valence-corrected chi connectivity index (χ3v) is 4.83. The minimum absolute atomic E-state index is 0.0670. The summed E-state index contributed by atoms with van der Waals surface area (Å²) < 4.78 is 0. The van der Waals surface area contributed by atoms with Crippen molar-refractivity contribution in [1.82, 2.24) is 10.6 Å². The molecule has 0 aromatic heterocycles. The number of hydrogen-bond acceptors (Lipinski definition) is 3. The highest BCUT2D eigenvalue weighted by Gasteiger charge is 2.14. The van der Waals surface area contributed by atoms with E-state index in [1.165, 1.54) is 16.8 Å². The van der Waals surface area contributed by atoms with Crippen LogP contribution in [0.2, 0.25) is 0 Å². The van der Waals surface area contributed by atoms with Crippen LogP contribution in [-0.4, -0.2) is 27.1 Å². The molecule has 3 rings (SSSR count). The zero-order chi connectivity index (χ0) is 19.9. The van der Waals surface area contributed by atoms with Crippen LogP contribution in [0.3, 0.4) is 0 Å². The van der Waals surface area contributed by atoms with Gasteiger partial charge in [0.05, 0.1) is 6.04 Å². The summed E-state index contributed by atoms with van der Waals surface area (Å²) in [6.07, 6.45) is 0. The molecule has 0 fully saturated rings. The number of hydrogen-bond donors (Lipinski definition) is 2. The van der Waals surface area contributed by atoms with Crippen molar-refractivity contribution in [2.24, 2.45) is 0 Å². The molecule has 0 saturated carbocycles. The molecule has 0 aliphatic rings. The largest absolute Gasteiger partial charge is 0.378 e. The quantitative estimate of drug-likeness (QED) is 0.658. The van der Waals surface area contributed by atoms with Crippen LogP contribution in [0.1, 0.15) is 33.1 Å². The Morgan fingerprint density at radius 3 is 2.04 bits per heavy atom. The standard InChI is InChI=1S/C24H27N3O/c1-25-24(28)21-11-9-18(10-12-21)17-26-23(19-7-5-4-6-8-19)20-13-15-22(16-14-20)27(2)3/h4-16,23,26H,17H2,1-3H3,(H,25,28)/t23-/m1/s1. The Balaban J connectivity index is 1.79. The predicted octanol–water partition coefficient (Wildman–Crippen LogP) is 3.99. The number of carbonyl (C=O) groups is 1. The molecule has 2 N–H and O–H groups in total. The van der Waals surface area contributed by atoms with Crippen LogP contribution in [-0.2, 0) is 6.54 Å². The zero-order valence-corrected chi connectivity index (χ0v) is 16.6. The molecule has 4 nitrogen and oxygen atoms in total. The molecule has 0 radical (unpaired) electrons. The summed E-state index contributed by atoms with van der Waals surface area (Å²) in [5.41, 5.74) is 5.44. The van der Waals surface area contributed by atoms with Gasteiger partial charge in [-0.25, -0.2) is 0 Å². The van der Waals surface area contributed by atoms with Crippen molar-refractivity contribution in [2.75, 3.05) is 26.0 Å². The van der Waals surface area contributed by atoms with Gasteiger partial charge in [-0.2, -0.15) is 0 Å². The first kappa shape index (κ1) is 19.6. The smallest absolute Gasteiger partial charge is 0.251 e. The molecule has 28 heavy (non-hydrogen) atoms. The van der Waals surface area contributed by atoms with Gasteiger partial charge in [-0.15, -0.1) is 0 Å². The highest BCUT2D eigenvalue weighted by molar-refractivity contribution is 5.93. The van der Waals surface area contributed by atoms with Crippen LogP contribution in [0.4, 0.5) is 5.69 Å². The van der Waals surface area contributed by atoms with E-state index in [2.05, 4.69) is 64.1 Å². The third-order valence-electron chi connectivity index (χ3n) is 4.83. The molecule has 0 unspecified atom stereocenters. The molecule has 1 atom stereocenters. The average molecular weight is 374 g/mol. The molecule has 4 heteroatoms. The molecule has 0 spiro atoms. The van der Waals surface area contributed by atoms with Gasteiger partial charge in [-0.1, -0.05) is 54.6 Å². The lowest BCUT2D eigenvalue weighted by Crippen LogP contribution is -2.22. The van der Waals surface area contributed by atoms with Crippen LogP contribution in [0, 0.1) is 0 Å². The first-order valence-electron chi connectivity index (χ1n) is 9.45. The Bertz CT molecular complexity index is 887. The van der Waals surface area contributed by atoms with Crippen molar-refractivity contribution in [1.29, 1.82) is 0 Å². The number of carbonyl (C=O) groups excluding carboxylic acids is 1. The van der Waals surface area contributed by atoms with Gasteiger partial charge in [0.1, 0.15) is 0 Å². The summed E-state index contributed by atoms with van der Waals surface area (Å²) in [7, 11) is 5.73. The maximum atomic E-state index is 11.7. The van der Waals surface area contributed by atoms with Crippen LogP contribution in [0.25, 0.3) is 0 Å². The van der Waals surface area contributed by atoms with Gasteiger partial charge < -0.3 is 15.5 Å². The minimum Gasteiger partial charge on any atom is -0.378 e. The summed E-state index contributed by atoms with van der Waals surface area (Å²) in [5.74, 6) is -0.0670. The Morgan fingerprint density at radius 1 is 0.857 bits per heavy atom. The van der Waals surface area contributed by atoms with Crippen molar-refractivity contribution in [3.05, 3.63) is 101 Å².